The number of hydrogen-bond donors (Lipinski definition) is 1. The molecule has 2 aromatic rings. The van der Waals surface area contributed by atoms with Crippen LogP contribution in [0.25, 0.3) is 11.4 Å². The van der Waals surface area contributed by atoms with Gasteiger partial charge in [-0.3, -0.25) is 0 Å². The van der Waals surface area contributed by atoms with Gasteiger partial charge in [-0.1, -0.05) is 56.3 Å². The Balaban J connectivity index is 1.44. The number of benzene rings is 1. The minimum atomic E-state index is -0.289. The quantitative estimate of drug-likeness (QED) is 0.869. The first-order valence-corrected chi connectivity index (χ1v) is 9.85. The number of nitrogens with zero attached hydrogens (tertiary/aromatic N) is 3. The van der Waals surface area contributed by atoms with E-state index in [0.717, 1.165) is 37.9 Å². The van der Waals surface area contributed by atoms with Gasteiger partial charge in [0.15, 0.2) is 0 Å². The molecule has 6 heteroatoms. The highest BCUT2D eigenvalue weighted by molar-refractivity contribution is 5.55. The molecule has 1 aromatic heterocycles. The highest BCUT2D eigenvalue weighted by Crippen LogP contribution is 2.42. The van der Waals surface area contributed by atoms with Crippen molar-refractivity contribution in [2.24, 2.45) is 5.41 Å². The zero-order valence-electron chi connectivity index (χ0n) is 16.4. The zero-order chi connectivity index (χ0) is 19.1. The van der Waals surface area contributed by atoms with E-state index in [-0.39, 0.29) is 23.2 Å². The second kappa shape index (κ2) is 6.91. The molecule has 2 atom stereocenters. The van der Waals surface area contributed by atoms with Gasteiger partial charge in [0.1, 0.15) is 0 Å². The van der Waals surface area contributed by atoms with E-state index in [4.69, 9.17) is 9.26 Å². The summed E-state index contributed by atoms with van der Waals surface area (Å²) in [6, 6.07) is 10.4. The monoisotopic (exact) mass is 371 g/mol. The second-order valence-corrected chi connectivity index (χ2v) is 9.00. The predicted octanol–water partition coefficient (Wildman–Crippen LogP) is 3.66. The number of aliphatic hydroxyl groups is 1. The molecule has 1 N–H and O–H groups in total. The van der Waals surface area contributed by atoms with Crippen LogP contribution in [-0.4, -0.2) is 46.1 Å². The number of aliphatic hydroxyl groups excluding tert-OH is 1. The predicted molar refractivity (Wildman–Crippen MR) is 103 cm³/mol. The molecule has 2 saturated heterocycles. The molecule has 4 rings (SSSR count). The summed E-state index contributed by atoms with van der Waals surface area (Å²) in [6.45, 7) is 8.13. The van der Waals surface area contributed by atoms with Crippen molar-refractivity contribution in [3.05, 3.63) is 30.3 Å². The molecule has 0 unspecified atom stereocenters. The van der Waals surface area contributed by atoms with E-state index in [1.807, 2.05) is 30.3 Å². The van der Waals surface area contributed by atoms with Crippen molar-refractivity contribution in [1.29, 1.82) is 0 Å². The van der Waals surface area contributed by atoms with Crippen molar-refractivity contribution in [2.45, 2.75) is 64.3 Å². The summed E-state index contributed by atoms with van der Waals surface area (Å²) in [6.07, 6.45) is 2.95. The van der Waals surface area contributed by atoms with Crippen molar-refractivity contribution in [3.8, 4) is 11.4 Å². The van der Waals surface area contributed by atoms with Crippen molar-refractivity contribution < 1.29 is 14.4 Å². The van der Waals surface area contributed by atoms with E-state index >= 15 is 0 Å². The normalized spacial score (nSPS) is 25.7. The van der Waals surface area contributed by atoms with Gasteiger partial charge in [0.2, 0.25) is 5.82 Å². The molecule has 0 aliphatic carbocycles. The highest BCUT2D eigenvalue weighted by Gasteiger charge is 2.46. The van der Waals surface area contributed by atoms with E-state index in [0.29, 0.717) is 18.3 Å². The van der Waals surface area contributed by atoms with Gasteiger partial charge < -0.3 is 19.3 Å². The van der Waals surface area contributed by atoms with Crippen LogP contribution in [0.15, 0.2) is 34.9 Å². The number of anilines is 1. The molecule has 146 valence electrons. The van der Waals surface area contributed by atoms with Crippen LogP contribution >= 0.6 is 0 Å². The Kier molecular flexibility index (Phi) is 4.72. The van der Waals surface area contributed by atoms with Crippen LogP contribution in [-0.2, 0) is 4.74 Å². The number of aromatic nitrogens is 2. The molecule has 3 heterocycles. The molecule has 27 heavy (non-hydrogen) atoms. The van der Waals surface area contributed by atoms with Crippen LogP contribution < -0.4 is 4.90 Å². The summed E-state index contributed by atoms with van der Waals surface area (Å²) >= 11 is 0. The lowest BCUT2D eigenvalue weighted by Crippen LogP contribution is -2.55. The standard InChI is InChI=1S/C21H29N3O3/c1-20(2,3)17-13-16(25)14-21(26-17)9-11-24(12-10-21)19-22-18(23-27-19)15-7-5-4-6-8-15/h4-8,16-17,25H,9-14H2,1-3H3/t16-,17-/m1/s1. The molecular weight excluding hydrogens is 342 g/mol. The molecule has 1 spiro atoms. The highest BCUT2D eigenvalue weighted by atomic mass is 16.5. The summed E-state index contributed by atoms with van der Waals surface area (Å²) in [5.41, 5.74) is 0.740. The summed E-state index contributed by atoms with van der Waals surface area (Å²) in [7, 11) is 0. The first-order chi connectivity index (χ1) is 12.8. The van der Waals surface area contributed by atoms with Crippen LogP contribution in [0.1, 0.15) is 46.5 Å². The molecular formula is C21H29N3O3. The summed E-state index contributed by atoms with van der Waals surface area (Å²) < 4.78 is 12.1. The Labute approximate surface area is 160 Å². The van der Waals surface area contributed by atoms with Gasteiger partial charge in [-0.05, 0) is 18.3 Å². The number of rotatable bonds is 2. The molecule has 6 nitrogen and oxygen atoms in total. The smallest absolute Gasteiger partial charge is 0.324 e. The van der Waals surface area contributed by atoms with E-state index < -0.39 is 0 Å². The fraction of sp³-hybridized carbons (Fsp3) is 0.619. The lowest BCUT2D eigenvalue weighted by Gasteiger charge is -2.50. The minimum Gasteiger partial charge on any atom is -0.393 e. The first-order valence-electron chi connectivity index (χ1n) is 9.85. The molecule has 0 radical (unpaired) electrons. The summed E-state index contributed by atoms with van der Waals surface area (Å²) in [5, 5.41) is 14.6. The van der Waals surface area contributed by atoms with Gasteiger partial charge >= 0.3 is 6.01 Å². The van der Waals surface area contributed by atoms with Gasteiger partial charge in [-0.2, -0.15) is 4.98 Å². The zero-order valence-corrected chi connectivity index (χ0v) is 16.4. The average molecular weight is 371 g/mol. The maximum absolute atomic E-state index is 10.4. The third-order valence-electron chi connectivity index (χ3n) is 5.84. The van der Waals surface area contributed by atoms with Crippen LogP contribution in [0.3, 0.4) is 0 Å². The third kappa shape index (κ3) is 3.87. The van der Waals surface area contributed by atoms with Crippen molar-refractivity contribution in [3.63, 3.8) is 0 Å². The first kappa shape index (κ1) is 18.4. The maximum Gasteiger partial charge on any atom is 0.324 e. The number of piperidine rings is 1. The number of hydrogen-bond acceptors (Lipinski definition) is 6. The third-order valence-corrected chi connectivity index (χ3v) is 5.84. The van der Waals surface area contributed by atoms with E-state index in [9.17, 15) is 5.11 Å². The van der Waals surface area contributed by atoms with E-state index in [2.05, 4.69) is 35.8 Å². The fourth-order valence-corrected chi connectivity index (χ4v) is 4.16. The Morgan fingerprint density at radius 1 is 1.15 bits per heavy atom. The molecule has 0 amide bonds. The average Bonchev–Trinajstić information content (AvgIpc) is 3.12. The van der Waals surface area contributed by atoms with Crippen LogP contribution in [0.2, 0.25) is 0 Å². The Morgan fingerprint density at radius 2 is 1.85 bits per heavy atom. The molecule has 2 aliphatic heterocycles. The van der Waals surface area contributed by atoms with Gasteiger partial charge in [0.05, 0.1) is 17.8 Å². The second-order valence-electron chi connectivity index (χ2n) is 9.00. The van der Waals surface area contributed by atoms with Crippen molar-refractivity contribution >= 4 is 6.01 Å². The Hall–Kier alpha value is -1.92. The van der Waals surface area contributed by atoms with Crippen LogP contribution in [0.4, 0.5) is 6.01 Å². The molecule has 0 bridgehead atoms. The van der Waals surface area contributed by atoms with Crippen LogP contribution in [0.5, 0.6) is 0 Å². The summed E-state index contributed by atoms with van der Waals surface area (Å²) in [5.74, 6) is 0.614. The Bertz CT molecular complexity index is 760. The van der Waals surface area contributed by atoms with Crippen molar-refractivity contribution in [1.82, 2.24) is 10.1 Å². The van der Waals surface area contributed by atoms with Crippen LogP contribution in [0, 0.1) is 5.41 Å². The van der Waals surface area contributed by atoms with Gasteiger partial charge in [0.25, 0.3) is 0 Å². The van der Waals surface area contributed by atoms with Gasteiger partial charge in [-0.25, -0.2) is 0 Å². The number of ether oxygens (including phenoxy) is 1. The van der Waals surface area contributed by atoms with E-state index in [1.165, 1.54) is 0 Å². The molecule has 2 aliphatic rings. The Morgan fingerprint density at radius 3 is 2.52 bits per heavy atom. The molecule has 0 saturated carbocycles. The maximum atomic E-state index is 10.4. The molecule has 2 fully saturated rings. The van der Waals surface area contributed by atoms with Gasteiger partial charge in [0, 0.05) is 31.5 Å². The lowest BCUT2D eigenvalue weighted by atomic mass is 9.76. The summed E-state index contributed by atoms with van der Waals surface area (Å²) in [4.78, 5) is 6.69. The largest absolute Gasteiger partial charge is 0.393 e. The molecule has 1 aromatic carbocycles. The van der Waals surface area contributed by atoms with E-state index in [1.54, 1.807) is 0 Å². The topological polar surface area (TPSA) is 71.6 Å². The van der Waals surface area contributed by atoms with Gasteiger partial charge in [-0.15, -0.1) is 0 Å². The fourth-order valence-electron chi connectivity index (χ4n) is 4.16. The SMILES string of the molecule is CC(C)(C)[C@H]1C[C@@H](O)CC2(CCN(c3nc(-c4ccccc4)no3)CC2)O1. The minimum absolute atomic E-state index is 0.0304. The van der Waals surface area contributed by atoms with Crippen molar-refractivity contribution in [2.75, 3.05) is 18.0 Å². The lowest BCUT2D eigenvalue weighted by molar-refractivity contribution is -0.199.